The first-order valence-electron chi connectivity index (χ1n) is 9.71. The van der Waals surface area contributed by atoms with Gasteiger partial charge in [0, 0.05) is 30.7 Å². The Kier molecular flexibility index (Phi) is 3.91. The summed E-state index contributed by atoms with van der Waals surface area (Å²) in [6, 6.07) is 6.73. The Morgan fingerprint density at radius 2 is 1.67 bits per heavy atom. The normalized spacial score (nSPS) is 18.2. The van der Waals surface area contributed by atoms with E-state index in [4.69, 9.17) is 0 Å². The predicted molar refractivity (Wildman–Crippen MR) is 101 cm³/mol. The van der Waals surface area contributed by atoms with E-state index in [-0.39, 0.29) is 0 Å². The molecule has 3 aromatic heterocycles. The molecule has 0 aromatic carbocycles. The molecule has 0 amide bonds. The van der Waals surface area contributed by atoms with Crippen LogP contribution in [-0.4, -0.2) is 47.8 Å². The molecular weight excluding hydrogens is 340 g/mol. The number of piperidine rings is 1. The van der Waals surface area contributed by atoms with Crippen molar-refractivity contribution in [1.82, 2.24) is 34.7 Å². The SMILES string of the molecule is Cc1cc(C)n(-c2ccc(N3CCC(c4nncn4C4CC4)CC3)nn2)n1. The van der Waals surface area contributed by atoms with Crippen LogP contribution in [0.2, 0.25) is 0 Å². The molecule has 140 valence electrons. The Balaban J connectivity index is 1.27. The lowest BCUT2D eigenvalue weighted by atomic mass is 9.96. The lowest BCUT2D eigenvalue weighted by Gasteiger charge is -2.32. The highest BCUT2D eigenvalue weighted by Crippen LogP contribution is 2.38. The molecule has 0 atom stereocenters. The van der Waals surface area contributed by atoms with Gasteiger partial charge in [0.15, 0.2) is 11.6 Å². The van der Waals surface area contributed by atoms with Gasteiger partial charge in [-0.3, -0.25) is 0 Å². The van der Waals surface area contributed by atoms with Gasteiger partial charge >= 0.3 is 0 Å². The van der Waals surface area contributed by atoms with Crippen LogP contribution in [0.5, 0.6) is 0 Å². The molecule has 8 heteroatoms. The maximum absolute atomic E-state index is 4.47. The number of nitrogens with zero attached hydrogens (tertiary/aromatic N) is 8. The van der Waals surface area contributed by atoms with Crippen molar-refractivity contribution in [2.24, 2.45) is 0 Å². The van der Waals surface area contributed by atoms with Crippen LogP contribution in [-0.2, 0) is 0 Å². The summed E-state index contributed by atoms with van der Waals surface area (Å²) < 4.78 is 4.13. The zero-order valence-corrected chi connectivity index (χ0v) is 15.8. The van der Waals surface area contributed by atoms with Crippen LogP contribution < -0.4 is 4.90 Å². The monoisotopic (exact) mass is 364 g/mol. The van der Waals surface area contributed by atoms with Gasteiger partial charge in [-0.25, -0.2) is 4.68 Å². The Bertz CT molecular complexity index is 929. The van der Waals surface area contributed by atoms with E-state index in [0.717, 1.165) is 49.0 Å². The average Bonchev–Trinajstić information content (AvgIpc) is 3.32. The maximum Gasteiger partial charge on any atom is 0.176 e. The fourth-order valence-electron chi connectivity index (χ4n) is 4.01. The van der Waals surface area contributed by atoms with Crippen LogP contribution in [0, 0.1) is 13.8 Å². The summed E-state index contributed by atoms with van der Waals surface area (Å²) in [7, 11) is 0. The van der Waals surface area contributed by atoms with Crippen molar-refractivity contribution in [3.63, 3.8) is 0 Å². The highest BCUT2D eigenvalue weighted by atomic mass is 15.4. The molecule has 2 fully saturated rings. The molecule has 1 saturated carbocycles. The van der Waals surface area contributed by atoms with Crippen molar-refractivity contribution in [2.75, 3.05) is 18.0 Å². The van der Waals surface area contributed by atoms with Gasteiger partial charge in [0.05, 0.1) is 5.69 Å². The van der Waals surface area contributed by atoms with Crippen molar-refractivity contribution in [3.8, 4) is 5.82 Å². The highest BCUT2D eigenvalue weighted by Gasteiger charge is 2.31. The summed E-state index contributed by atoms with van der Waals surface area (Å²) in [6.45, 7) is 5.95. The third kappa shape index (κ3) is 3.09. The van der Waals surface area contributed by atoms with E-state index in [1.54, 1.807) is 0 Å². The van der Waals surface area contributed by atoms with E-state index in [1.165, 1.54) is 18.7 Å². The Morgan fingerprint density at radius 1 is 0.926 bits per heavy atom. The van der Waals surface area contributed by atoms with Crippen LogP contribution in [0.3, 0.4) is 0 Å². The molecule has 0 spiro atoms. The van der Waals surface area contributed by atoms with Crippen LogP contribution >= 0.6 is 0 Å². The van der Waals surface area contributed by atoms with Crippen molar-refractivity contribution in [2.45, 2.75) is 51.5 Å². The molecule has 27 heavy (non-hydrogen) atoms. The Hall–Kier alpha value is -2.77. The molecule has 2 aliphatic rings. The summed E-state index contributed by atoms with van der Waals surface area (Å²) in [5.41, 5.74) is 2.05. The Morgan fingerprint density at radius 3 is 2.30 bits per heavy atom. The van der Waals surface area contributed by atoms with Gasteiger partial charge in [0.1, 0.15) is 12.2 Å². The molecule has 0 bridgehead atoms. The number of aryl methyl sites for hydroxylation is 2. The van der Waals surface area contributed by atoms with Gasteiger partial charge in [0.2, 0.25) is 0 Å². The van der Waals surface area contributed by atoms with Gasteiger partial charge in [-0.1, -0.05) is 0 Å². The second kappa shape index (κ2) is 6.44. The van der Waals surface area contributed by atoms with Crippen molar-refractivity contribution >= 4 is 5.82 Å². The molecule has 1 aliphatic carbocycles. The molecule has 0 unspecified atom stereocenters. The first kappa shape index (κ1) is 16.4. The van der Waals surface area contributed by atoms with Crippen LogP contribution in [0.15, 0.2) is 24.5 Å². The second-order valence-electron chi connectivity index (χ2n) is 7.68. The van der Waals surface area contributed by atoms with Crippen LogP contribution in [0.1, 0.15) is 54.9 Å². The zero-order valence-electron chi connectivity index (χ0n) is 15.8. The van der Waals surface area contributed by atoms with Gasteiger partial charge in [-0.05, 0) is 57.7 Å². The van der Waals surface area contributed by atoms with E-state index in [1.807, 2.05) is 43.1 Å². The van der Waals surface area contributed by atoms with E-state index in [0.29, 0.717) is 12.0 Å². The second-order valence-corrected chi connectivity index (χ2v) is 7.68. The molecule has 5 rings (SSSR count). The number of aromatic nitrogens is 7. The quantitative estimate of drug-likeness (QED) is 0.708. The number of hydrogen-bond acceptors (Lipinski definition) is 6. The first-order valence-corrected chi connectivity index (χ1v) is 9.71. The standard InChI is InChI=1S/C19H24N8/c1-13-11-14(2)27(24-13)18-6-5-17(21-22-18)25-9-7-15(8-10-25)19-23-20-12-26(19)16-3-4-16/h5-6,11-12,15-16H,3-4,7-10H2,1-2H3. The van der Waals surface area contributed by atoms with E-state index >= 15 is 0 Å². The summed E-state index contributed by atoms with van der Waals surface area (Å²) in [4.78, 5) is 2.31. The van der Waals surface area contributed by atoms with E-state index < -0.39 is 0 Å². The maximum atomic E-state index is 4.47. The highest BCUT2D eigenvalue weighted by molar-refractivity contribution is 5.40. The lowest BCUT2D eigenvalue weighted by molar-refractivity contribution is 0.462. The van der Waals surface area contributed by atoms with Gasteiger partial charge in [-0.15, -0.1) is 20.4 Å². The molecule has 8 nitrogen and oxygen atoms in total. The number of anilines is 1. The van der Waals surface area contributed by atoms with Gasteiger partial charge in [0.25, 0.3) is 0 Å². The summed E-state index contributed by atoms with van der Waals surface area (Å²) in [6.07, 6.45) is 6.59. The fraction of sp³-hybridized carbons (Fsp3) is 0.526. The van der Waals surface area contributed by atoms with Crippen LogP contribution in [0.25, 0.3) is 5.82 Å². The van der Waals surface area contributed by atoms with E-state index in [2.05, 4.69) is 35.0 Å². The molecule has 1 aliphatic heterocycles. The predicted octanol–water partition coefficient (Wildman–Crippen LogP) is 2.59. The zero-order chi connectivity index (χ0) is 18.4. The van der Waals surface area contributed by atoms with Gasteiger partial charge in [-0.2, -0.15) is 5.10 Å². The van der Waals surface area contributed by atoms with Crippen molar-refractivity contribution in [3.05, 3.63) is 41.7 Å². The summed E-state index contributed by atoms with van der Waals surface area (Å²) in [5.74, 6) is 3.36. The number of rotatable bonds is 4. The third-order valence-electron chi connectivity index (χ3n) is 5.59. The Labute approximate surface area is 158 Å². The minimum Gasteiger partial charge on any atom is -0.355 e. The molecule has 1 saturated heterocycles. The van der Waals surface area contributed by atoms with Gasteiger partial charge < -0.3 is 9.47 Å². The van der Waals surface area contributed by atoms with Crippen molar-refractivity contribution < 1.29 is 0 Å². The van der Waals surface area contributed by atoms with E-state index in [9.17, 15) is 0 Å². The molecule has 4 heterocycles. The van der Waals surface area contributed by atoms with Crippen molar-refractivity contribution in [1.29, 1.82) is 0 Å². The molecule has 3 aromatic rings. The topological polar surface area (TPSA) is 77.5 Å². The smallest absolute Gasteiger partial charge is 0.176 e. The molecule has 0 radical (unpaired) electrons. The average molecular weight is 364 g/mol. The minimum absolute atomic E-state index is 0.492. The summed E-state index contributed by atoms with van der Waals surface area (Å²) >= 11 is 0. The largest absolute Gasteiger partial charge is 0.355 e. The first-order chi connectivity index (χ1) is 13.2. The molecular formula is C19H24N8. The fourth-order valence-corrected chi connectivity index (χ4v) is 4.01. The summed E-state index contributed by atoms with van der Waals surface area (Å²) in [5, 5.41) is 21.9. The third-order valence-corrected chi connectivity index (χ3v) is 5.59. The molecule has 0 N–H and O–H groups in total. The lowest BCUT2D eigenvalue weighted by Crippen LogP contribution is -2.34. The van der Waals surface area contributed by atoms with Crippen LogP contribution in [0.4, 0.5) is 5.82 Å². The minimum atomic E-state index is 0.492. The number of hydrogen-bond donors (Lipinski definition) is 0.